The number of hydrogen-bond donors (Lipinski definition) is 1. The van der Waals surface area contributed by atoms with Gasteiger partial charge in [0, 0.05) is 11.7 Å². The third-order valence-electron chi connectivity index (χ3n) is 4.20. The first kappa shape index (κ1) is 15.1. The van der Waals surface area contributed by atoms with Crippen molar-refractivity contribution in [3.63, 3.8) is 0 Å². The Balaban J connectivity index is 1.73. The fraction of sp³-hybridized carbons (Fsp3) is 0.389. The molecule has 1 saturated carbocycles. The SMILES string of the molecule is Cc1cccc(NC(=S)N(Cc2ccco2)C2CCCC2)c1. The smallest absolute Gasteiger partial charge is 0.174 e. The summed E-state index contributed by atoms with van der Waals surface area (Å²) in [6, 6.07) is 12.8. The highest BCUT2D eigenvalue weighted by Crippen LogP contribution is 2.26. The molecule has 1 N–H and O–H groups in total. The Kier molecular flexibility index (Phi) is 4.78. The maximum absolute atomic E-state index is 5.68. The molecule has 0 atom stereocenters. The van der Waals surface area contributed by atoms with E-state index in [0.29, 0.717) is 6.04 Å². The Morgan fingerprint density at radius 2 is 2.09 bits per heavy atom. The van der Waals surface area contributed by atoms with Gasteiger partial charge in [0.15, 0.2) is 5.11 Å². The molecule has 3 nitrogen and oxygen atoms in total. The van der Waals surface area contributed by atoms with Gasteiger partial charge in [0.25, 0.3) is 0 Å². The van der Waals surface area contributed by atoms with E-state index in [1.54, 1.807) is 6.26 Å². The van der Waals surface area contributed by atoms with Crippen molar-refractivity contribution in [1.82, 2.24) is 4.90 Å². The molecular weight excluding hydrogens is 292 g/mol. The molecule has 0 amide bonds. The van der Waals surface area contributed by atoms with E-state index in [2.05, 4.69) is 35.3 Å². The highest BCUT2D eigenvalue weighted by Gasteiger charge is 2.25. The van der Waals surface area contributed by atoms with Gasteiger partial charge in [-0.05, 0) is 61.8 Å². The Hall–Kier alpha value is -1.81. The van der Waals surface area contributed by atoms with E-state index < -0.39 is 0 Å². The first-order valence-corrected chi connectivity index (χ1v) is 8.30. The van der Waals surface area contributed by atoms with Gasteiger partial charge in [0.05, 0.1) is 12.8 Å². The van der Waals surface area contributed by atoms with Crippen molar-refractivity contribution in [2.45, 2.75) is 45.2 Å². The topological polar surface area (TPSA) is 28.4 Å². The third kappa shape index (κ3) is 3.69. The quantitative estimate of drug-likeness (QED) is 0.826. The second-order valence-corrected chi connectivity index (χ2v) is 6.33. The van der Waals surface area contributed by atoms with E-state index in [1.807, 2.05) is 18.2 Å². The van der Waals surface area contributed by atoms with Gasteiger partial charge in [0.2, 0.25) is 0 Å². The van der Waals surface area contributed by atoms with Gasteiger partial charge in [0.1, 0.15) is 5.76 Å². The Bertz CT molecular complexity index is 618. The van der Waals surface area contributed by atoms with E-state index in [0.717, 1.165) is 23.1 Å². The summed E-state index contributed by atoms with van der Waals surface area (Å²) in [4.78, 5) is 2.28. The molecule has 1 fully saturated rings. The van der Waals surface area contributed by atoms with Gasteiger partial charge in [-0.15, -0.1) is 0 Å². The van der Waals surface area contributed by atoms with Crippen molar-refractivity contribution in [1.29, 1.82) is 0 Å². The number of rotatable bonds is 4. The van der Waals surface area contributed by atoms with E-state index in [4.69, 9.17) is 16.6 Å². The number of anilines is 1. The maximum atomic E-state index is 5.68. The van der Waals surface area contributed by atoms with Crippen molar-refractivity contribution in [3.05, 3.63) is 54.0 Å². The predicted molar refractivity (Wildman–Crippen MR) is 93.9 cm³/mol. The molecule has 0 unspecified atom stereocenters. The van der Waals surface area contributed by atoms with Gasteiger partial charge in [-0.25, -0.2) is 0 Å². The number of furan rings is 1. The van der Waals surface area contributed by atoms with Crippen LogP contribution < -0.4 is 5.32 Å². The Labute approximate surface area is 137 Å². The van der Waals surface area contributed by atoms with Crippen LogP contribution in [0.5, 0.6) is 0 Å². The number of thiocarbonyl (C=S) groups is 1. The van der Waals surface area contributed by atoms with Gasteiger partial charge in [-0.1, -0.05) is 25.0 Å². The van der Waals surface area contributed by atoms with Crippen molar-refractivity contribution < 1.29 is 4.42 Å². The highest BCUT2D eigenvalue weighted by molar-refractivity contribution is 7.80. The fourth-order valence-electron chi connectivity index (χ4n) is 3.07. The molecule has 4 heteroatoms. The molecule has 3 rings (SSSR count). The lowest BCUT2D eigenvalue weighted by Crippen LogP contribution is -2.40. The lowest BCUT2D eigenvalue weighted by Gasteiger charge is -2.31. The van der Waals surface area contributed by atoms with Crippen LogP contribution in [-0.4, -0.2) is 16.1 Å². The van der Waals surface area contributed by atoms with Gasteiger partial charge < -0.3 is 14.6 Å². The summed E-state index contributed by atoms with van der Waals surface area (Å²) >= 11 is 5.68. The van der Waals surface area contributed by atoms with Crippen LogP contribution in [0.4, 0.5) is 5.69 Å². The van der Waals surface area contributed by atoms with Gasteiger partial charge >= 0.3 is 0 Å². The van der Waals surface area contributed by atoms with Crippen LogP contribution in [0.3, 0.4) is 0 Å². The summed E-state index contributed by atoms with van der Waals surface area (Å²) in [5.41, 5.74) is 2.28. The van der Waals surface area contributed by atoms with E-state index in [9.17, 15) is 0 Å². The minimum Gasteiger partial charge on any atom is -0.467 e. The van der Waals surface area contributed by atoms with Crippen molar-refractivity contribution in [2.75, 3.05) is 5.32 Å². The van der Waals surface area contributed by atoms with Crippen LogP contribution in [-0.2, 0) is 6.54 Å². The molecule has 1 aliphatic rings. The summed E-state index contributed by atoms with van der Waals surface area (Å²) in [6.45, 7) is 2.82. The normalized spacial score (nSPS) is 15.0. The van der Waals surface area contributed by atoms with Crippen molar-refractivity contribution in [3.8, 4) is 0 Å². The van der Waals surface area contributed by atoms with Crippen LogP contribution in [0.25, 0.3) is 0 Å². The zero-order valence-electron chi connectivity index (χ0n) is 12.9. The fourth-order valence-corrected chi connectivity index (χ4v) is 3.40. The summed E-state index contributed by atoms with van der Waals surface area (Å²) in [6.07, 6.45) is 6.70. The molecule has 1 aromatic carbocycles. The molecule has 116 valence electrons. The van der Waals surface area contributed by atoms with Crippen LogP contribution in [0, 0.1) is 6.92 Å². The number of nitrogens with zero attached hydrogens (tertiary/aromatic N) is 1. The molecule has 0 spiro atoms. The number of hydrogen-bond acceptors (Lipinski definition) is 2. The standard InChI is InChI=1S/C18H22N2OS/c1-14-6-4-7-15(12-14)19-18(22)20(16-8-2-3-9-16)13-17-10-5-11-21-17/h4-7,10-12,16H,2-3,8-9,13H2,1H3,(H,19,22). The number of aryl methyl sites for hydroxylation is 1. The zero-order chi connectivity index (χ0) is 15.4. The van der Waals surface area contributed by atoms with Crippen LogP contribution in [0.15, 0.2) is 47.1 Å². The molecular formula is C18H22N2OS. The Morgan fingerprint density at radius 3 is 2.77 bits per heavy atom. The lowest BCUT2D eigenvalue weighted by molar-refractivity contribution is 0.286. The number of benzene rings is 1. The van der Waals surface area contributed by atoms with Crippen molar-refractivity contribution in [2.24, 2.45) is 0 Å². The van der Waals surface area contributed by atoms with Gasteiger partial charge in [-0.2, -0.15) is 0 Å². The molecule has 1 aliphatic carbocycles. The zero-order valence-corrected chi connectivity index (χ0v) is 13.7. The summed E-state index contributed by atoms with van der Waals surface area (Å²) < 4.78 is 5.51. The highest BCUT2D eigenvalue weighted by atomic mass is 32.1. The average Bonchev–Trinajstić information content (AvgIpc) is 3.18. The predicted octanol–water partition coefficient (Wildman–Crippen LogP) is 4.73. The van der Waals surface area contributed by atoms with Crippen LogP contribution >= 0.6 is 12.2 Å². The molecule has 2 aromatic rings. The molecule has 1 heterocycles. The van der Waals surface area contributed by atoms with E-state index in [1.165, 1.54) is 31.2 Å². The minimum absolute atomic E-state index is 0.509. The van der Waals surface area contributed by atoms with Gasteiger partial charge in [-0.3, -0.25) is 0 Å². The average molecular weight is 314 g/mol. The van der Waals surface area contributed by atoms with Crippen LogP contribution in [0.1, 0.15) is 37.0 Å². The molecule has 0 radical (unpaired) electrons. The van der Waals surface area contributed by atoms with E-state index in [-0.39, 0.29) is 0 Å². The molecule has 0 bridgehead atoms. The lowest BCUT2D eigenvalue weighted by atomic mass is 10.2. The first-order valence-electron chi connectivity index (χ1n) is 7.89. The second kappa shape index (κ2) is 6.97. The Morgan fingerprint density at radius 1 is 1.27 bits per heavy atom. The largest absolute Gasteiger partial charge is 0.467 e. The summed E-state index contributed by atoms with van der Waals surface area (Å²) in [7, 11) is 0. The minimum atomic E-state index is 0.509. The number of nitrogens with one attached hydrogen (secondary N) is 1. The summed E-state index contributed by atoms with van der Waals surface area (Å²) in [5, 5.41) is 4.17. The first-order chi connectivity index (χ1) is 10.7. The molecule has 22 heavy (non-hydrogen) atoms. The summed E-state index contributed by atoms with van der Waals surface area (Å²) in [5.74, 6) is 0.959. The van der Waals surface area contributed by atoms with Crippen LogP contribution in [0.2, 0.25) is 0 Å². The van der Waals surface area contributed by atoms with E-state index >= 15 is 0 Å². The molecule has 0 aliphatic heterocycles. The third-order valence-corrected chi connectivity index (χ3v) is 4.54. The van der Waals surface area contributed by atoms with Crippen molar-refractivity contribution >= 4 is 23.0 Å². The monoisotopic (exact) mass is 314 g/mol. The second-order valence-electron chi connectivity index (χ2n) is 5.95. The molecule has 1 aromatic heterocycles. The molecule has 0 saturated heterocycles. The maximum Gasteiger partial charge on any atom is 0.174 e.